The molecule has 0 N–H and O–H groups in total. The van der Waals surface area contributed by atoms with E-state index in [0.29, 0.717) is 12.1 Å². The Balaban J connectivity index is 0.000000376. The first-order chi connectivity index (χ1) is 12.8. The number of benzene rings is 1. The molecule has 0 bridgehead atoms. The molecule has 3 heterocycles. The number of aromatic nitrogens is 2. The van der Waals surface area contributed by atoms with Crippen LogP contribution in [0.25, 0.3) is 22.8 Å². The number of aryl methyl sites for hydroxylation is 2. The number of hydrogen-bond donors (Lipinski definition) is 0. The van der Waals surface area contributed by atoms with Crippen LogP contribution in [0.1, 0.15) is 12.0 Å². The fraction of sp³-hybridized carbons (Fsp3) is 0.263. The summed E-state index contributed by atoms with van der Waals surface area (Å²) in [7, 11) is -1.93. The van der Waals surface area contributed by atoms with E-state index >= 15 is 0 Å². The minimum absolute atomic E-state index is 0.604. The normalized spacial score (nSPS) is 13.1. The van der Waals surface area contributed by atoms with E-state index in [1.807, 2.05) is 48.3 Å². The highest BCUT2D eigenvalue weighted by Crippen LogP contribution is 2.31. The van der Waals surface area contributed by atoms with Crippen molar-refractivity contribution >= 4 is 10.1 Å². The van der Waals surface area contributed by atoms with E-state index in [0.717, 1.165) is 42.1 Å². The molecule has 142 valence electrons. The summed E-state index contributed by atoms with van der Waals surface area (Å²) >= 11 is 0. The maximum absolute atomic E-state index is 9.08. The zero-order chi connectivity index (χ0) is 19.4. The molecule has 0 fully saturated rings. The predicted molar refractivity (Wildman–Crippen MR) is 98.0 cm³/mol. The Morgan fingerprint density at radius 1 is 1.15 bits per heavy atom. The van der Waals surface area contributed by atoms with Gasteiger partial charge in [-0.2, -0.15) is 0 Å². The molecular weight excluding hydrogens is 368 g/mol. The lowest BCUT2D eigenvalue weighted by atomic mass is 10.0. The van der Waals surface area contributed by atoms with Crippen molar-refractivity contribution in [2.75, 3.05) is 12.9 Å². The van der Waals surface area contributed by atoms with E-state index in [1.54, 1.807) is 6.20 Å². The SMILES string of the molecule is CS(=O)(=O)[O-].C[n+]1ccc(-c2cnc(-c3ccc4c(c3)CCCO4)o2)cc1. The molecule has 27 heavy (non-hydrogen) atoms. The summed E-state index contributed by atoms with van der Waals surface area (Å²) in [5.41, 5.74) is 3.25. The van der Waals surface area contributed by atoms with Gasteiger partial charge in [0.25, 0.3) is 0 Å². The number of fused-ring (bicyclic) bond motifs is 1. The quantitative estimate of drug-likeness (QED) is 0.494. The standard InChI is InChI=1S/C18H17N2O2.CH4O3S/c1-20-8-6-13(7-9-20)17-12-19-18(22-17)15-4-5-16-14(11-15)3-2-10-21-16;1-5(2,3)4/h4-9,11-12H,2-3,10H2,1H3;1H3,(H,2,3,4)/q+1;/p-1. The van der Waals surface area contributed by atoms with Crippen molar-refractivity contribution in [3.63, 3.8) is 0 Å². The summed E-state index contributed by atoms with van der Waals surface area (Å²) < 4.78 is 40.8. The molecule has 8 heteroatoms. The number of hydrogen-bond acceptors (Lipinski definition) is 6. The van der Waals surface area contributed by atoms with E-state index in [4.69, 9.17) is 22.1 Å². The van der Waals surface area contributed by atoms with Crippen LogP contribution in [0.15, 0.2) is 53.3 Å². The summed E-state index contributed by atoms with van der Waals surface area (Å²) in [6.45, 7) is 0.806. The lowest BCUT2D eigenvalue weighted by Gasteiger charge is -2.17. The number of pyridine rings is 1. The number of nitrogens with zero attached hydrogens (tertiary/aromatic N) is 2. The first kappa shape index (κ1) is 19.1. The van der Waals surface area contributed by atoms with Gasteiger partial charge in [0, 0.05) is 29.5 Å². The van der Waals surface area contributed by atoms with Gasteiger partial charge in [-0.15, -0.1) is 0 Å². The summed E-state index contributed by atoms with van der Waals surface area (Å²) in [5.74, 6) is 2.42. The van der Waals surface area contributed by atoms with Gasteiger partial charge in [0.1, 0.15) is 12.8 Å². The maximum atomic E-state index is 9.08. The van der Waals surface area contributed by atoms with Gasteiger partial charge < -0.3 is 13.7 Å². The van der Waals surface area contributed by atoms with E-state index in [-0.39, 0.29) is 0 Å². The number of ether oxygens (including phenoxy) is 1. The molecule has 0 spiro atoms. The van der Waals surface area contributed by atoms with Gasteiger partial charge in [0.05, 0.1) is 22.9 Å². The summed E-state index contributed by atoms with van der Waals surface area (Å²) in [4.78, 5) is 4.42. The summed E-state index contributed by atoms with van der Waals surface area (Å²) in [6.07, 6.45) is 8.48. The second kappa shape index (κ2) is 7.89. The third-order valence-electron chi connectivity index (χ3n) is 3.92. The van der Waals surface area contributed by atoms with Crippen molar-refractivity contribution in [1.29, 1.82) is 0 Å². The molecule has 0 atom stereocenters. The van der Waals surface area contributed by atoms with Gasteiger partial charge >= 0.3 is 0 Å². The zero-order valence-corrected chi connectivity index (χ0v) is 15.9. The van der Waals surface area contributed by atoms with Gasteiger partial charge in [-0.05, 0) is 36.6 Å². The van der Waals surface area contributed by atoms with E-state index < -0.39 is 10.1 Å². The van der Waals surface area contributed by atoms with Crippen LogP contribution in [0.2, 0.25) is 0 Å². The lowest BCUT2D eigenvalue weighted by molar-refractivity contribution is -0.671. The highest BCUT2D eigenvalue weighted by molar-refractivity contribution is 7.84. The van der Waals surface area contributed by atoms with Crippen LogP contribution in [0.5, 0.6) is 5.75 Å². The second-order valence-electron chi connectivity index (χ2n) is 6.26. The molecule has 1 aliphatic heterocycles. The van der Waals surface area contributed by atoms with E-state index in [9.17, 15) is 0 Å². The first-order valence-corrected chi connectivity index (χ1v) is 10.2. The van der Waals surface area contributed by atoms with Crippen LogP contribution in [-0.2, 0) is 23.6 Å². The molecule has 1 aliphatic rings. The number of oxazole rings is 1. The Bertz CT molecular complexity index is 1020. The minimum atomic E-state index is -3.92. The van der Waals surface area contributed by atoms with Crippen LogP contribution >= 0.6 is 0 Å². The lowest BCUT2D eigenvalue weighted by Crippen LogP contribution is -2.25. The molecule has 0 radical (unpaired) electrons. The van der Waals surface area contributed by atoms with Crippen molar-refractivity contribution < 1.29 is 26.7 Å². The van der Waals surface area contributed by atoms with Gasteiger partial charge in [0.15, 0.2) is 18.2 Å². The maximum Gasteiger partial charge on any atom is 0.226 e. The molecule has 0 saturated carbocycles. The molecular formula is C19H20N2O5S. The first-order valence-electron chi connectivity index (χ1n) is 8.38. The molecule has 0 saturated heterocycles. The fourth-order valence-electron chi connectivity index (χ4n) is 2.70. The molecule has 0 amide bonds. The second-order valence-corrected chi connectivity index (χ2v) is 7.67. The largest absolute Gasteiger partial charge is 0.748 e. The van der Waals surface area contributed by atoms with Gasteiger partial charge in [-0.25, -0.2) is 18.0 Å². The average molecular weight is 388 g/mol. The molecule has 4 rings (SSSR count). The minimum Gasteiger partial charge on any atom is -0.748 e. The molecule has 2 aromatic heterocycles. The zero-order valence-electron chi connectivity index (χ0n) is 15.1. The smallest absolute Gasteiger partial charge is 0.226 e. The van der Waals surface area contributed by atoms with Crippen molar-refractivity contribution in [2.24, 2.45) is 7.05 Å². The van der Waals surface area contributed by atoms with Gasteiger partial charge in [-0.3, -0.25) is 0 Å². The topological polar surface area (TPSA) is 96.3 Å². The van der Waals surface area contributed by atoms with Crippen LogP contribution in [0, 0.1) is 0 Å². The summed E-state index contributed by atoms with van der Waals surface area (Å²) in [6, 6.07) is 10.2. The molecule has 0 aliphatic carbocycles. The number of rotatable bonds is 2. The monoisotopic (exact) mass is 388 g/mol. The molecule has 0 unspecified atom stereocenters. The third-order valence-corrected chi connectivity index (χ3v) is 3.92. The van der Waals surface area contributed by atoms with Crippen LogP contribution < -0.4 is 9.30 Å². The van der Waals surface area contributed by atoms with Crippen LogP contribution in [-0.4, -0.2) is 30.8 Å². The Hall–Kier alpha value is -2.71. The fourth-order valence-corrected chi connectivity index (χ4v) is 2.70. The third kappa shape index (κ3) is 5.38. The predicted octanol–water partition coefficient (Wildman–Crippen LogP) is 2.32. The Labute approximate surface area is 158 Å². The molecule has 7 nitrogen and oxygen atoms in total. The molecule has 1 aromatic carbocycles. The van der Waals surface area contributed by atoms with Crippen molar-refractivity contribution in [3.8, 4) is 28.5 Å². The molecule has 3 aromatic rings. The average Bonchev–Trinajstić information content (AvgIpc) is 3.11. The highest BCUT2D eigenvalue weighted by atomic mass is 32.2. The van der Waals surface area contributed by atoms with Crippen molar-refractivity contribution in [3.05, 3.63) is 54.5 Å². The van der Waals surface area contributed by atoms with Gasteiger partial charge in [0.2, 0.25) is 5.89 Å². The summed E-state index contributed by atoms with van der Waals surface area (Å²) in [5, 5.41) is 0. The van der Waals surface area contributed by atoms with Crippen molar-refractivity contribution in [1.82, 2.24) is 4.98 Å². The van der Waals surface area contributed by atoms with Crippen LogP contribution in [0.3, 0.4) is 0 Å². The van der Waals surface area contributed by atoms with Crippen LogP contribution in [0.4, 0.5) is 0 Å². The van der Waals surface area contributed by atoms with E-state index in [1.165, 1.54) is 5.56 Å². The van der Waals surface area contributed by atoms with E-state index in [2.05, 4.69) is 11.1 Å². The van der Waals surface area contributed by atoms with Crippen molar-refractivity contribution in [2.45, 2.75) is 12.8 Å². The highest BCUT2D eigenvalue weighted by Gasteiger charge is 2.14. The Kier molecular flexibility index (Phi) is 5.57. The Morgan fingerprint density at radius 2 is 1.85 bits per heavy atom. The Morgan fingerprint density at radius 3 is 2.56 bits per heavy atom. The van der Waals surface area contributed by atoms with Gasteiger partial charge in [-0.1, -0.05) is 0 Å².